The van der Waals surface area contributed by atoms with E-state index in [0.717, 1.165) is 36.5 Å². The Balaban J connectivity index is 1.43. The predicted octanol–water partition coefficient (Wildman–Crippen LogP) is 2.12. The number of benzene rings is 1. The Morgan fingerprint density at radius 2 is 1.96 bits per heavy atom. The van der Waals surface area contributed by atoms with E-state index in [-0.39, 0.29) is 0 Å². The van der Waals surface area contributed by atoms with Crippen LogP contribution in [-0.2, 0) is 13.1 Å². The monoisotopic (exact) mass is 334 g/mol. The molecule has 3 aromatic heterocycles. The van der Waals surface area contributed by atoms with Gasteiger partial charge in [0, 0.05) is 24.8 Å². The minimum atomic E-state index is 0.777. The quantitative estimate of drug-likeness (QED) is 0.540. The number of rotatable bonds is 6. The number of aromatic nitrogens is 8. The van der Waals surface area contributed by atoms with Crippen LogP contribution in [0.3, 0.4) is 0 Å². The molecule has 0 amide bonds. The summed E-state index contributed by atoms with van der Waals surface area (Å²) in [5, 5.41) is 17.0. The van der Waals surface area contributed by atoms with E-state index >= 15 is 0 Å². The molecule has 4 rings (SSSR count). The van der Waals surface area contributed by atoms with E-state index < -0.39 is 0 Å². The van der Waals surface area contributed by atoms with E-state index in [0.29, 0.717) is 0 Å². The van der Waals surface area contributed by atoms with Crippen LogP contribution in [0.5, 0.6) is 0 Å². The van der Waals surface area contributed by atoms with Crippen LogP contribution in [0.2, 0.25) is 0 Å². The fourth-order valence-electron chi connectivity index (χ4n) is 2.65. The molecule has 8 heteroatoms. The average Bonchev–Trinajstić information content (AvgIpc) is 3.36. The van der Waals surface area contributed by atoms with Gasteiger partial charge < -0.3 is 0 Å². The molecule has 126 valence electrons. The van der Waals surface area contributed by atoms with Gasteiger partial charge in [-0.1, -0.05) is 17.3 Å². The van der Waals surface area contributed by atoms with Crippen LogP contribution in [0, 0.1) is 6.92 Å². The molecule has 0 bridgehead atoms. The van der Waals surface area contributed by atoms with Gasteiger partial charge in [0.05, 0.1) is 18.1 Å². The van der Waals surface area contributed by atoms with Crippen LogP contribution in [0.4, 0.5) is 0 Å². The van der Waals surface area contributed by atoms with E-state index in [1.54, 1.807) is 12.7 Å². The largest absolute Gasteiger partial charge is 0.253 e. The van der Waals surface area contributed by atoms with E-state index in [1.807, 2.05) is 44.8 Å². The second kappa shape index (κ2) is 6.68. The minimum Gasteiger partial charge on any atom is -0.253 e. The van der Waals surface area contributed by atoms with Crippen molar-refractivity contribution in [2.75, 3.05) is 0 Å². The molecule has 0 saturated carbocycles. The molecule has 0 N–H and O–H groups in total. The maximum Gasteiger partial charge on any atom is 0.137 e. The summed E-state index contributed by atoms with van der Waals surface area (Å²) < 4.78 is 5.51. The Morgan fingerprint density at radius 3 is 2.80 bits per heavy atom. The zero-order valence-corrected chi connectivity index (χ0v) is 13.9. The summed E-state index contributed by atoms with van der Waals surface area (Å²) in [5.74, 6) is 0. The first-order valence-corrected chi connectivity index (χ1v) is 8.12. The molecule has 0 atom stereocenters. The summed E-state index contributed by atoms with van der Waals surface area (Å²) in [7, 11) is 0. The molecule has 0 spiro atoms. The van der Waals surface area contributed by atoms with E-state index in [2.05, 4.69) is 44.5 Å². The lowest BCUT2D eigenvalue weighted by atomic mass is 10.2. The maximum atomic E-state index is 4.43. The molecule has 0 aliphatic heterocycles. The Hall–Kier alpha value is -3.29. The molecule has 3 heterocycles. The summed E-state index contributed by atoms with van der Waals surface area (Å²) in [4.78, 5) is 3.93. The highest BCUT2D eigenvalue weighted by molar-refractivity contribution is 5.56. The molecule has 4 aromatic rings. The fraction of sp³-hybridized carbons (Fsp3) is 0.235. The van der Waals surface area contributed by atoms with Gasteiger partial charge in [0.1, 0.15) is 18.3 Å². The summed E-state index contributed by atoms with van der Waals surface area (Å²) in [6.07, 6.45) is 9.89. The first-order chi connectivity index (χ1) is 12.3. The van der Waals surface area contributed by atoms with Gasteiger partial charge in [-0.25, -0.2) is 9.67 Å². The van der Waals surface area contributed by atoms with Crippen LogP contribution in [0.15, 0.2) is 55.5 Å². The van der Waals surface area contributed by atoms with Gasteiger partial charge in [-0.2, -0.15) is 10.2 Å². The van der Waals surface area contributed by atoms with E-state index in [4.69, 9.17) is 0 Å². The molecule has 0 fully saturated rings. The van der Waals surface area contributed by atoms with E-state index in [1.165, 1.54) is 5.56 Å². The predicted molar refractivity (Wildman–Crippen MR) is 92.0 cm³/mol. The highest BCUT2D eigenvalue weighted by atomic mass is 15.4. The zero-order valence-electron chi connectivity index (χ0n) is 13.9. The van der Waals surface area contributed by atoms with E-state index in [9.17, 15) is 0 Å². The van der Waals surface area contributed by atoms with Gasteiger partial charge in [-0.3, -0.25) is 9.36 Å². The number of nitrogens with zero attached hydrogens (tertiary/aromatic N) is 8. The third-order valence-electron chi connectivity index (χ3n) is 3.92. The average molecular weight is 334 g/mol. The second-order valence-electron chi connectivity index (χ2n) is 5.89. The number of aryl methyl sites for hydroxylation is 3. The lowest BCUT2D eigenvalue weighted by Gasteiger charge is -2.01. The fourth-order valence-corrected chi connectivity index (χ4v) is 2.65. The van der Waals surface area contributed by atoms with Crippen LogP contribution >= 0.6 is 0 Å². The first-order valence-electron chi connectivity index (χ1n) is 8.12. The van der Waals surface area contributed by atoms with Crippen molar-refractivity contribution in [2.45, 2.75) is 26.4 Å². The topological polar surface area (TPSA) is 79.2 Å². The Morgan fingerprint density at radius 1 is 1.04 bits per heavy atom. The van der Waals surface area contributed by atoms with Crippen molar-refractivity contribution >= 4 is 0 Å². The summed E-state index contributed by atoms with van der Waals surface area (Å²) >= 11 is 0. The standard InChI is InChI=1S/C17H18N8/c1-14-4-2-5-16(8-14)25-10-15(9-19-25)17-11-23(22-21-17)6-3-7-24-13-18-12-20-24/h2,4-5,8-13H,3,6-7H2,1H3. The summed E-state index contributed by atoms with van der Waals surface area (Å²) in [5.41, 5.74) is 4.00. The summed E-state index contributed by atoms with van der Waals surface area (Å²) in [6.45, 7) is 3.65. The van der Waals surface area contributed by atoms with Crippen LogP contribution in [-0.4, -0.2) is 39.5 Å². The Bertz CT molecular complexity index is 951. The zero-order chi connectivity index (χ0) is 17.1. The molecule has 0 radical (unpaired) electrons. The van der Waals surface area contributed by atoms with Gasteiger partial charge in [-0.15, -0.1) is 5.10 Å². The van der Waals surface area contributed by atoms with Crippen LogP contribution < -0.4 is 0 Å². The van der Waals surface area contributed by atoms with Crippen molar-refractivity contribution in [2.24, 2.45) is 0 Å². The number of hydrogen-bond donors (Lipinski definition) is 0. The third-order valence-corrected chi connectivity index (χ3v) is 3.92. The molecule has 0 aliphatic rings. The lowest BCUT2D eigenvalue weighted by Crippen LogP contribution is -2.05. The minimum absolute atomic E-state index is 0.777. The van der Waals surface area contributed by atoms with Crippen molar-refractivity contribution in [1.82, 2.24) is 39.5 Å². The SMILES string of the molecule is Cc1cccc(-n2cc(-c3cn(CCCn4cncn4)nn3)cn2)c1. The van der Waals surface area contributed by atoms with Crippen molar-refractivity contribution in [1.29, 1.82) is 0 Å². The van der Waals surface area contributed by atoms with Crippen LogP contribution in [0.25, 0.3) is 16.9 Å². The van der Waals surface area contributed by atoms with Gasteiger partial charge >= 0.3 is 0 Å². The third kappa shape index (κ3) is 3.47. The molecule has 0 aliphatic carbocycles. The second-order valence-corrected chi connectivity index (χ2v) is 5.89. The molecule has 25 heavy (non-hydrogen) atoms. The normalized spacial score (nSPS) is 11.1. The molecular formula is C17H18N8. The highest BCUT2D eigenvalue weighted by Crippen LogP contribution is 2.18. The smallest absolute Gasteiger partial charge is 0.137 e. The molecular weight excluding hydrogens is 316 g/mol. The van der Waals surface area contributed by atoms with Crippen molar-refractivity contribution in [3.8, 4) is 16.9 Å². The van der Waals surface area contributed by atoms with Gasteiger partial charge in [0.2, 0.25) is 0 Å². The molecule has 0 saturated heterocycles. The van der Waals surface area contributed by atoms with Gasteiger partial charge in [0.25, 0.3) is 0 Å². The van der Waals surface area contributed by atoms with Crippen molar-refractivity contribution < 1.29 is 0 Å². The van der Waals surface area contributed by atoms with Crippen molar-refractivity contribution in [3.05, 3.63) is 61.1 Å². The van der Waals surface area contributed by atoms with Crippen molar-refractivity contribution in [3.63, 3.8) is 0 Å². The lowest BCUT2D eigenvalue weighted by molar-refractivity contribution is 0.491. The van der Waals surface area contributed by atoms with Gasteiger partial charge in [-0.05, 0) is 31.0 Å². The van der Waals surface area contributed by atoms with Gasteiger partial charge in [0.15, 0.2) is 0 Å². The van der Waals surface area contributed by atoms with Crippen LogP contribution in [0.1, 0.15) is 12.0 Å². The molecule has 0 unspecified atom stereocenters. The Kier molecular flexibility index (Phi) is 4.07. The first kappa shape index (κ1) is 15.3. The Labute approximate surface area is 144 Å². The molecule has 8 nitrogen and oxygen atoms in total. The molecule has 1 aromatic carbocycles. The highest BCUT2D eigenvalue weighted by Gasteiger charge is 2.08. The summed E-state index contributed by atoms with van der Waals surface area (Å²) in [6, 6.07) is 8.22. The number of hydrogen-bond acceptors (Lipinski definition) is 5. The maximum absolute atomic E-state index is 4.43.